The van der Waals surface area contributed by atoms with Crippen LogP contribution in [0.25, 0.3) is 5.76 Å². The van der Waals surface area contributed by atoms with E-state index in [0.717, 1.165) is 5.56 Å². The zero-order chi connectivity index (χ0) is 25.4. The number of carbonyl (C=O) groups excluding carboxylic acids is 2. The van der Waals surface area contributed by atoms with Crippen LogP contribution < -0.4 is 14.8 Å². The number of ketones is 2. The summed E-state index contributed by atoms with van der Waals surface area (Å²) >= 11 is 0. The van der Waals surface area contributed by atoms with Gasteiger partial charge in [0.2, 0.25) is 11.6 Å². The Morgan fingerprint density at radius 1 is 0.972 bits per heavy atom. The van der Waals surface area contributed by atoms with E-state index in [1.54, 1.807) is 67.8 Å². The van der Waals surface area contributed by atoms with E-state index in [-0.39, 0.29) is 34.9 Å². The Morgan fingerprint density at radius 2 is 1.64 bits per heavy atom. The number of para-hydroxylation sites is 1. The molecular formula is C27H20N2O7. The fourth-order valence-corrected chi connectivity index (χ4v) is 4.44. The summed E-state index contributed by atoms with van der Waals surface area (Å²) in [4.78, 5) is 37.9. The van der Waals surface area contributed by atoms with Gasteiger partial charge in [-0.15, -0.1) is 0 Å². The lowest BCUT2D eigenvalue weighted by Crippen LogP contribution is -2.34. The van der Waals surface area contributed by atoms with Crippen molar-refractivity contribution in [3.05, 3.63) is 122 Å². The molecule has 0 radical (unpaired) electrons. The van der Waals surface area contributed by atoms with Gasteiger partial charge in [0, 0.05) is 23.2 Å². The highest BCUT2D eigenvalue weighted by molar-refractivity contribution is 6.52. The number of methoxy groups -OCH3 is 1. The lowest BCUT2D eigenvalue weighted by molar-refractivity contribution is -0.433. The first kappa shape index (κ1) is 22.9. The SMILES string of the molecule is COc1ccc(CNC2=C([N+](=O)[O-])C(C3=C(O)c4ccccc4C(=O)C3=O)c3ccccc3O2)cc1. The van der Waals surface area contributed by atoms with Crippen LogP contribution in [0.5, 0.6) is 11.5 Å². The summed E-state index contributed by atoms with van der Waals surface area (Å²) < 4.78 is 11.0. The molecule has 1 atom stereocenters. The van der Waals surface area contributed by atoms with E-state index < -0.39 is 33.9 Å². The molecule has 0 aromatic heterocycles. The molecule has 1 heterocycles. The van der Waals surface area contributed by atoms with Crippen molar-refractivity contribution >= 4 is 17.3 Å². The molecular weight excluding hydrogens is 464 g/mol. The van der Waals surface area contributed by atoms with E-state index in [0.29, 0.717) is 11.3 Å². The van der Waals surface area contributed by atoms with Crippen LogP contribution in [0.3, 0.4) is 0 Å². The molecule has 0 spiro atoms. The van der Waals surface area contributed by atoms with Gasteiger partial charge in [0.05, 0.1) is 17.6 Å². The monoisotopic (exact) mass is 484 g/mol. The molecule has 1 aliphatic heterocycles. The molecule has 0 saturated carbocycles. The average Bonchev–Trinajstić information content (AvgIpc) is 2.90. The number of hydrogen-bond donors (Lipinski definition) is 2. The summed E-state index contributed by atoms with van der Waals surface area (Å²) in [6.45, 7) is 0.173. The summed E-state index contributed by atoms with van der Waals surface area (Å²) in [7, 11) is 1.55. The molecule has 1 aliphatic carbocycles. The number of fused-ring (bicyclic) bond motifs is 2. The molecule has 5 rings (SSSR count). The van der Waals surface area contributed by atoms with Crippen LogP contribution in [0, 0.1) is 10.1 Å². The van der Waals surface area contributed by atoms with E-state index >= 15 is 0 Å². The van der Waals surface area contributed by atoms with Crippen molar-refractivity contribution in [2.75, 3.05) is 7.11 Å². The van der Waals surface area contributed by atoms with Gasteiger partial charge in [0.15, 0.2) is 0 Å². The van der Waals surface area contributed by atoms with Gasteiger partial charge in [-0.3, -0.25) is 19.7 Å². The number of aliphatic hydroxyl groups is 1. The van der Waals surface area contributed by atoms with Crippen LogP contribution in [0.2, 0.25) is 0 Å². The normalized spacial score (nSPS) is 16.8. The largest absolute Gasteiger partial charge is 0.507 e. The Balaban J connectivity index is 1.65. The Kier molecular flexibility index (Phi) is 5.73. The minimum Gasteiger partial charge on any atom is -0.507 e. The number of nitrogens with zero attached hydrogens (tertiary/aromatic N) is 1. The molecule has 2 aliphatic rings. The maximum Gasteiger partial charge on any atom is 0.317 e. The molecule has 36 heavy (non-hydrogen) atoms. The van der Waals surface area contributed by atoms with E-state index in [4.69, 9.17) is 9.47 Å². The maximum atomic E-state index is 13.2. The van der Waals surface area contributed by atoms with E-state index in [2.05, 4.69) is 5.32 Å². The van der Waals surface area contributed by atoms with E-state index in [9.17, 15) is 24.8 Å². The Labute approximate surface area is 205 Å². The van der Waals surface area contributed by atoms with E-state index in [1.807, 2.05) is 0 Å². The smallest absolute Gasteiger partial charge is 0.317 e. The fourth-order valence-electron chi connectivity index (χ4n) is 4.44. The quantitative estimate of drug-likeness (QED) is 0.304. The molecule has 9 heteroatoms. The summed E-state index contributed by atoms with van der Waals surface area (Å²) in [5.74, 6) is -2.89. The molecule has 180 valence electrons. The number of hydrogen-bond acceptors (Lipinski definition) is 8. The third-order valence-corrected chi connectivity index (χ3v) is 6.18. The third kappa shape index (κ3) is 3.76. The van der Waals surface area contributed by atoms with Crippen molar-refractivity contribution in [2.24, 2.45) is 0 Å². The third-order valence-electron chi connectivity index (χ3n) is 6.18. The van der Waals surface area contributed by atoms with Gasteiger partial charge in [-0.05, 0) is 23.8 Å². The van der Waals surface area contributed by atoms with Gasteiger partial charge >= 0.3 is 5.70 Å². The number of Topliss-reactive ketones (excluding diaryl/α,β-unsaturated/α-hetero) is 2. The summed E-state index contributed by atoms with van der Waals surface area (Å²) in [6, 6.07) is 19.7. The fraction of sp³-hybridized carbons (Fsp3) is 0.111. The number of allylic oxidation sites excluding steroid dienone is 1. The van der Waals surface area contributed by atoms with Gasteiger partial charge in [-0.2, -0.15) is 0 Å². The Hall–Kier alpha value is -4.92. The molecule has 1 unspecified atom stereocenters. The molecule has 0 saturated heterocycles. The van der Waals surface area contributed by atoms with Crippen molar-refractivity contribution in [2.45, 2.75) is 12.5 Å². The van der Waals surface area contributed by atoms with Crippen molar-refractivity contribution in [3.63, 3.8) is 0 Å². The van der Waals surface area contributed by atoms with Gasteiger partial charge < -0.3 is 19.9 Å². The number of carbonyl (C=O) groups is 2. The van der Waals surface area contributed by atoms with E-state index in [1.165, 1.54) is 12.1 Å². The molecule has 0 bridgehead atoms. The zero-order valence-electron chi connectivity index (χ0n) is 19.1. The molecule has 0 fully saturated rings. The lowest BCUT2D eigenvalue weighted by Gasteiger charge is -2.29. The van der Waals surface area contributed by atoms with Gasteiger partial charge in [-0.25, -0.2) is 0 Å². The second-order valence-electron chi connectivity index (χ2n) is 8.21. The summed E-state index contributed by atoms with van der Waals surface area (Å²) in [6.07, 6.45) is 0. The van der Waals surface area contributed by atoms with Crippen LogP contribution in [0.1, 0.15) is 33.0 Å². The topological polar surface area (TPSA) is 128 Å². The number of ether oxygens (including phenoxy) is 2. The first-order valence-corrected chi connectivity index (χ1v) is 11.0. The van der Waals surface area contributed by atoms with Gasteiger partial charge in [0.25, 0.3) is 5.88 Å². The van der Waals surface area contributed by atoms with Crippen molar-refractivity contribution in [1.82, 2.24) is 5.32 Å². The minimum absolute atomic E-state index is 0.0496. The van der Waals surface area contributed by atoms with Crippen LogP contribution in [0.4, 0.5) is 0 Å². The number of rotatable bonds is 6. The molecule has 3 aromatic carbocycles. The Morgan fingerprint density at radius 3 is 2.33 bits per heavy atom. The first-order chi connectivity index (χ1) is 17.4. The predicted octanol–water partition coefficient (Wildman–Crippen LogP) is 4.14. The highest BCUT2D eigenvalue weighted by Gasteiger charge is 2.47. The van der Waals surface area contributed by atoms with Gasteiger partial charge in [0.1, 0.15) is 23.2 Å². The van der Waals surface area contributed by atoms with Crippen LogP contribution in [-0.2, 0) is 11.3 Å². The summed E-state index contributed by atoms with van der Waals surface area (Å²) in [5.41, 5.74) is 0.450. The van der Waals surface area contributed by atoms with Crippen molar-refractivity contribution in [3.8, 4) is 11.5 Å². The highest BCUT2D eigenvalue weighted by Crippen LogP contribution is 2.46. The number of benzene rings is 3. The first-order valence-electron chi connectivity index (χ1n) is 11.0. The highest BCUT2D eigenvalue weighted by atomic mass is 16.6. The molecule has 9 nitrogen and oxygen atoms in total. The Bertz CT molecular complexity index is 1470. The molecule has 0 amide bonds. The zero-order valence-corrected chi connectivity index (χ0v) is 19.1. The van der Waals surface area contributed by atoms with Crippen molar-refractivity contribution in [1.29, 1.82) is 0 Å². The lowest BCUT2D eigenvalue weighted by atomic mass is 9.77. The number of nitrogens with one attached hydrogen (secondary N) is 1. The average molecular weight is 484 g/mol. The second-order valence-corrected chi connectivity index (χ2v) is 8.21. The number of aliphatic hydroxyl groups excluding tert-OH is 1. The molecule has 2 N–H and O–H groups in total. The standard InChI is InChI=1S/C27H20N2O7/c1-35-16-12-10-15(11-13-16)14-28-27-23(29(33)34)21(19-8-4-5-9-20(19)36-27)22-24(30)17-6-2-3-7-18(17)25(31)26(22)32/h2-13,21,28,30H,14H2,1H3. The predicted molar refractivity (Wildman–Crippen MR) is 129 cm³/mol. The second kappa shape index (κ2) is 9.03. The molecule has 3 aromatic rings. The van der Waals surface area contributed by atoms with Crippen molar-refractivity contribution < 1.29 is 29.1 Å². The minimum atomic E-state index is -1.34. The van der Waals surface area contributed by atoms with Crippen LogP contribution in [0.15, 0.2) is 89.9 Å². The summed E-state index contributed by atoms with van der Waals surface area (Å²) in [5, 5.41) is 26.4. The van der Waals surface area contributed by atoms with Crippen LogP contribution >= 0.6 is 0 Å². The maximum absolute atomic E-state index is 13.2. The van der Waals surface area contributed by atoms with Gasteiger partial charge in [-0.1, -0.05) is 54.6 Å². The van der Waals surface area contributed by atoms with Crippen LogP contribution in [-0.4, -0.2) is 28.7 Å². The number of nitro groups is 1.